The number of piperidine rings is 3. The van der Waals surface area contributed by atoms with Crippen molar-refractivity contribution in [3.8, 4) is 0 Å². The molecule has 8 saturated heterocycles. The summed E-state index contributed by atoms with van der Waals surface area (Å²) in [6.07, 6.45) is 10.1. The van der Waals surface area contributed by atoms with Crippen LogP contribution in [0.2, 0.25) is 0 Å². The van der Waals surface area contributed by atoms with Crippen molar-refractivity contribution in [1.29, 1.82) is 0 Å². The number of amides is 3. The molecule has 10 aliphatic rings. The molecule has 10 fully saturated rings. The number of alkyl carbamates (subject to hydrolysis) is 2. The van der Waals surface area contributed by atoms with Crippen LogP contribution in [0.1, 0.15) is 119 Å². The number of ether oxygens (including phenoxy) is 8. The standard InChI is InChI=1S/C52H83N5O11/c1-31(2)12-14-38-49(6,66-38)44-42(61-8)36(16-20-51(44)30-63-51)65-48(60)55-41(46(58)53-22-27-56-23-10-11-24-56)33(5)28-40-52(68-40)21-17-37(64-47(59)54-35-29-57-25-18-34(35)19-26-57)43(62-9)45(52)50(7)39(67-50)15-13-32(3)4/h12-13,33-45H,10-11,14-30H2,1-9H3,(H,53,58)(H,54,59)(H,55,60)/t33?,35?,36-,37-,38-,39-,40+,41-,42-,43-,44-,45-,49+,50+,51+,52+/m1/s1. The first-order chi connectivity index (χ1) is 32.5. The zero-order valence-electron chi connectivity index (χ0n) is 42.5. The number of nitrogens with one attached hydrogen (secondary N) is 3. The molecule has 2 unspecified atom stereocenters. The second-order valence-corrected chi connectivity index (χ2v) is 22.9. The van der Waals surface area contributed by atoms with Crippen molar-refractivity contribution in [1.82, 2.24) is 25.8 Å². The van der Waals surface area contributed by atoms with Crippen LogP contribution in [0.25, 0.3) is 0 Å². The van der Waals surface area contributed by atoms with E-state index in [-0.39, 0.29) is 53.6 Å². The Kier molecular flexibility index (Phi) is 14.7. The van der Waals surface area contributed by atoms with Gasteiger partial charge in [0.15, 0.2) is 0 Å². The van der Waals surface area contributed by atoms with E-state index in [1.165, 1.54) is 11.1 Å². The fourth-order valence-corrected chi connectivity index (χ4v) is 13.8. The maximum absolute atomic E-state index is 14.3. The number of likely N-dealkylation sites (tertiary alicyclic amines) is 1. The zero-order chi connectivity index (χ0) is 48.2. The summed E-state index contributed by atoms with van der Waals surface area (Å²) in [5.41, 5.74) is 0.382. The molecule has 68 heavy (non-hydrogen) atoms. The second-order valence-electron chi connectivity index (χ2n) is 22.9. The Morgan fingerprint density at radius 2 is 1.35 bits per heavy atom. The molecule has 0 aromatic heterocycles. The van der Waals surface area contributed by atoms with Gasteiger partial charge in [-0.15, -0.1) is 0 Å². The minimum atomic E-state index is -0.900. The molecule has 16 atom stereocenters. The molecular formula is C52H83N5O11. The molecule has 16 nitrogen and oxygen atoms in total. The van der Waals surface area contributed by atoms with Crippen LogP contribution < -0.4 is 16.0 Å². The van der Waals surface area contributed by atoms with Gasteiger partial charge in [0.25, 0.3) is 0 Å². The van der Waals surface area contributed by atoms with Crippen LogP contribution in [-0.2, 0) is 42.7 Å². The van der Waals surface area contributed by atoms with Gasteiger partial charge in [0.05, 0.1) is 36.8 Å². The minimum absolute atomic E-state index is 0.0223. The molecule has 0 radical (unpaired) electrons. The number of hydrogen-bond acceptors (Lipinski definition) is 13. The Hall–Kier alpha value is -2.83. The number of methoxy groups -OCH3 is 2. The molecular weight excluding hydrogens is 871 g/mol. The number of fused-ring (bicyclic) bond motifs is 3. The van der Waals surface area contributed by atoms with Gasteiger partial charge < -0.3 is 63.6 Å². The summed E-state index contributed by atoms with van der Waals surface area (Å²) >= 11 is 0. The largest absolute Gasteiger partial charge is 0.443 e. The molecule has 2 spiro atoms. The highest BCUT2D eigenvalue weighted by atomic mass is 16.7. The molecule has 10 rings (SSSR count). The van der Waals surface area contributed by atoms with Crippen LogP contribution in [0.5, 0.6) is 0 Å². The van der Waals surface area contributed by atoms with Gasteiger partial charge in [0, 0.05) is 39.9 Å². The van der Waals surface area contributed by atoms with E-state index < -0.39 is 59.4 Å². The lowest BCUT2D eigenvalue weighted by Gasteiger charge is -2.45. The Balaban J connectivity index is 0.894. The van der Waals surface area contributed by atoms with Crippen molar-refractivity contribution in [2.75, 3.05) is 66.6 Å². The summed E-state index contributed by atoms with van der Waals surface area (Å²) in [4.78, 5) is 46.9. The zero-order valence-corrected chi connectivity index (χ0v) is 42.5. The number of hydrogen-bond donors (Lipinski definition) is 3. The SMILES string of the molecule is CO[C@@H]1[C@H](OC(=O)N[C@@H](C(=O)NCCN2CCCC2)C(C)C[C@@H]2O[C@@]23CC[C@@H](OC(=O)NC2CN4CCC2CC4)[C@@H](OC)[C@@H]3[C@@]2(C)O[C@@H]2CC=C(C)C)CC[C@]2(CO2)[C@H]1[C@@]1(C)O[C@@H]1CC=C(C)C. The minimum Gasteiger partial charge on any atom is -0.443 e. The van der Waals surface area contributed by atoms with Crippen LogP contribution >= 0.6 is 0 Å². The Labute approximate surface area is 404 Å². The quantitative estimate of drug-likeness (QED) is 0.107. The Morgan fingerprint density at radius 3 is 1.93 bits per heavy atom. The molecule has 8 heterocycles. The van der Waals surface area contributed by atoms with Crippen molar-refractivity contribution in [2.24, 2.45) is 23.7 Å². The molecule has 0 aromatic rings. The lowest BCUT2D eigenvalue weighted by molar-refractivity contribution is -0.126. The van der Waals surface area contributed by atoms with Gasteiger partial charge in [0.1, 0.15) is 52.9 Å². The van der Waals surface area contributed by atoms with E-state index in [0.29, 0.717) is 44.8 Å². The van der Waals surface area contributed by atoms with Gasteiger partial charge in [-0.25, -0.2) is 9.59 Å². The highest BCUT2D eigenvalue weighted by Crippen LogP contribution is 2.64. The van der Waals surface area contributed by atoms with Gasteiger partial charge >= 0.3 is 12.2 Å². The maximum atomic E-state index is 14.3. The van der Waals surface area contributed by atoms with Crippen LogP contribution in [-0.4, -0.2) is 172 Å². The first kappa shape index (κ1) is 50.1. The van der Waals surface area contributed by atoms with Gasteiger partial charge in [-0.3, -0.25) is 4.79 Å². The van der Waals surface area contributed by atoms with Gasteiger partial charge in [-0.1, -0.05) is 30.2 Å². The van der Waals surface area contributed by atoms with Crippen molar-refractivity contribution in [3.05, 3.63) is 23.3 Å². The predicted molar refractivity (Wildman–Crippen MR) is 254 cm³/mol. The van der Waals surface area contributed by atoms with E-state index in [4.69, 9.17) is 37.9 Å². The fourth-order valence-electron chi connectivity index (χ4n) is 13.8. The molecule has 0 aromatic carbocycles. The van der Waals surface area contributed by atoms with E-state index in [9.17, 15) is 14.4 Å². The number of carbonyl (C=O) groups excluding carboxylic acids is 3. The van der Waals surface area contributed by atoms with Gasteiger partial charge in [-0.2, -0.15) is 0 Å². The number of carbonyl (C=O) groups is 3. The summed E-state index contributed by atoms with van der Waals surface area (Å²) in [5, 5.41) is 9.42. The summed E-state index contributed by atoms with van der Waals surface area (Å²) in [6.45, 7) is 21.6. The van der Waals surface area contributed by atoms with E-state index >= 15 is 0 Å². The monoisotopic (exact) mass is 954 g/mol. The molecule has 8 aliphatic heterocycles. The molecule has 382 valence electrons. The average Bonchev–Trinajstić information content (AvgIpc) is 4.28. The molecule has 2 saturated carbocycles. The summed E-state index contributed by atoms with van der Waals surface area (Å²) < 4.78 is 51.2. The summed E-state index contributed by atoms with van der Waals surface area (Å²) in [5.74, 6) is -0.509. The van der Waals surface area contributed by atoms with Crippen molar-refractivity contribution >= 4 is 18.1 Å². The van der Waals surface area contributed by atoms with Crippen LogP contribution in [0.3, 0.4) is 0 Å². The van der Waals surface area contributed by atoms with E-state index in [1.54, 1.807) is 14.2 Å². The highest BCUT2D eigenvalue weighted by Gasteiger charge is 2.76. The first-order valence-corrected chi connectivity index (χ1v) is 26.2. The maximum Gasteiger partial charge on any atom is 0.408 e. The molecule has 2 aliphatic carbocycles. The number of rotatable bonds is 19. The number of allylic oxidation sites excluding steroid dienone is 2. The van der Waals surface area contributed by atoms with Crippen molar-refractivity contribution in [3.63, 3.8) is 0 Å². The van der Waals surface area contributed by atoms with Crippen LogP contribution in [0.4, 0.5) is 9.59 Å². The highest BCUT2D eigenvalue weighted by molar-refractivity contribution is 5.86. The summed E-state index contributed by atoms with van der Waals surface area (Å²) in [6, 6.07) is -0.817. The summed E-state index contributed by atoms with van der Waals surface area (Å²) in [7, 11) is 3.36. The normalized spacial score (nSPS) is 43.0. The number of nitrogens with zero attached hydrogens (tertiary/aromatic N) is 2. The van der Waals surface area contributed by atoms with Crippen molar-refractivity contribution < 1.29 is 52.3 Å². The molecule has 3 amide bonds. The van der Waals surface area contributed by atoms with E-state index in [2.05, 4.69) is 79.4 Å². The predicted octanol–water partition coefficient (Wildman–Crippen LogP) is 5.66. The molecule has 3 N–H and O–H groups in total. The van der Waals surface area contributed by atoms with E-state index in [1.807, 2.05) is 6.92 Å². The number of epoxide rings is 4. The third-order valence-corrected chi connectivity index (χ3v) is 17.8. The lowest BCUT2D eigenvalue weighted by atomic mass is 9.66. The van der Waals surface area contributed by atoms with E-state index in [0.717, 1.165) is 84.2 Å². The molecule has 16 heteroatoms. The Morgan fingerprint density at radius 1 is 0.765 bits per heavy atom. The Bertz CT molecular complexity index is 1890. The lowest BCUT2D eigenvalue weighted by Crippen LogP contribution is -2.59. The average molecular weight is 954 g/mol. The smallest absolute Gasteiger partial charge is 0.408 e. The first-order valence-electron chi connectivity index (χ1n) is 26.2. The third kappa shape index (κ3) is 10.3. The molecule has 2 bridgehead atoms. The fraction of sp³-hybridized carbons (Fsp3) is 0.865. The second kappa shape index (κ2) is 20.0. The van der Waals surface area contributed by atoms with Crippen molar-refractivity contribution in [2.45, 2.75) is 196 Å². The van der Waals surface area contributed by atoms with Crippen LogP contribution in [0, 0.1) is 23.7 Å². The van der Waals surface area contributed by atoms with Gasteiger partial charge in [-0.05, 0) is 150 Å². The third-order valence-electron chi connectivity index (χ3n) is 17.8. The topological polar surface area (TPSA) is 181 Å². The van der Waals surface area contributed by atoms with Crippen LogP contribution in [0.15, 0.2) is 23.3 Å². The van der Waals surface area contributed by atoms with Gasteiger partial charge in [0.2, 0.25) is 5.91 Å².